The van der Waals surface area contributed by atoms with Crippen LogP contribution in [0.5, 0.6) is 5.75 Å². The molecule has 0 aromatic carbocycles. The molecule has 1 heterocycles. The van der Waals surface area contributed by atoms with Gasteiger partial charge in [0.05, 0.1) is 10.6 Å². The zero-order chi connectivity index (χ0) is 20.1. The van der Waals surface area contributed by atoms with E-state index in [-0.39, 0.29) is 29.5 Å². The van der Waals surface area contributed by atoms with Gasteiger partial charge in [-0.1, -0.05) is 13.8 Å². The van der Waals surface area contributed by atoms with Crippen LogP contribution in [-0.2, 0) is 11.8 Å². The minimum atomic E-state index is -1.21. The second kappa shape index (κ2) is 9.25. The van der Waals surface area contributed by atoms with E-state index < -0.39 is 12.1 Å². The van der Waals surface area contributed by atoms with E-state index >= 15 is 0 Å². The lowest BCUT2D eigenvalue weighted by Gasteiger charge is -2.31. The summed E-state index contributed by atoms with van der Waals surface area (Å²) < 4.78 is 8.14. The number of carbonyl (C=O) groups excluding carboxylic acids is 1. The first-order valence-corrected chi connectivity index (χ1v) is 9.79. The van der Waals surface area contributed by atoms with Gasteiger partial charge in [0.1, 0.15) is 11.8 Å². The maximum absolute atomic E-state index is 12.4. The van der Waals surface area contributed by atoms with Gasteiger partial charge >= 0.3 is 6.09 Å². The van der Waals surface area contributed by atoms with Crippen molar-refractivity contribution in [2.75, 3.05) is 0 Å². The molecule has 2 amide bonds. The van der Waals surface area contributed by atoms with E-state index in [2.05, 4.69) is 26.6 Å². The minimum Gasteiger partial charge on any atom is -0.489 e. The van der Waals surface area contributed by atoms with Crippen LogP contribution in [0.3, 0.4) is 0 Å². The average Bonchev–Trinajstić information content (AvgIpc) is 2.58. The highest BCUT2D eigenvalue weighted by atomic mass is 79.9. The number of nitrogens with one attached hydrogen (secondary N) is 2. The number of hydrogen-bond acceptors (Lipinski definition) is 4. The standard InChI is InChI=1S/C18H26BrN3O5/c1-10(2)16(21-18(25)26)17(24)20-11-4-6-12(7-5-11)27-14-8-15(23)22(3)9-13(14)19/h8-12,16,21H,4-7H2,1-3H3,(H,20,24)(H,25,26)/t11?,12?,16-/m1/s1. The van der Waals surface area contributed by atoms with Gasteiger partial charge in [-0.25, -0.2) is 4.79 Å². The number of rotatable bonds is 6. The highest BCUT2D eigenvalue weighted by Gasteiger charge is 2.29. The van der Waals surface area contributed by atoms with Crippen LogP contribution in [-0.4, -0.2) is 39.9 Å². The van der Waals surface area contributed by atoms with E-state index in [4.69, 9.17) is 9.84 Å². The fourth-order valence-corrected chi connectivity index (χ4v) is 3.65. The number of nitrogens with zero attached hydrogens (tertiary/aromatic N) is 1. The van der Waals surface area contributed by atoms with Crippen LogP contribution < -0.4 is 20.9 Å². The summed E-state index contributed by atoms with van der Waals surface area (Å²) in [5.41, 5.74) is -0.139. The predicted molar refractivity (Wildman–Crippen MR) is 104 cm³/mol. The van der Waals surface area contributed by atoms with Gasteiger partial charge in [-0.3, -0.25) is 9.59 Å². The molecule has 1 saturated carbocycles. The first-order chi connectivity index (χ1) is 12.7. The van der Waals surface area contributed by atoms with Gasteiger partial charge in [-0.15, -0.1) is 0 Å². The van der Waals surface area contributed by atoms with Crippen LogP contribution in [0.15, 0.2) is 21.5 Å². The number of amides is 2. The number of aromatic nitrogens is 1. The molecular formula is C18H26BrN3O5. The summed E-state index contributed by atoms with van der Waals surface area (Å²) in [6, 6.07) is 0.678. The van der Waals surface area contributed by atoms with Gasteiger partial charge in [0.2, 0.25) is 5.91 Å². The molecule has 3 N–H and O–H groups in total. The number of carboxylic acid groups (broad SMARTS) is 1. The average molecular weight is 444 g/mol. The summed E-state index contributed by atoms with van der Waals surface area (Å²) in [4.78, 5) is 35.0. The molecule has 2 rings (SSSR count). The summed E-state index contributed by atoms with van der Waals surface area (Å²) in [6.07, 6.45) is 3.38. The minimum absolute atomic E-state index is 0.0127. The Morgan fingerprint density at radius 3 is 2.48 bits per heavy atom. The molecule has 1 fully saturated rings. The van der Waals surface area contributed by atoms with E-state index in [0.29, 0.717) is 5.75 Å². The Bertz CT molecular complexity index is 741. The van der Waals surface area contributed by atoms with Crippen LogP contribution in [0, 0.1) is 5.92 Å². The van der Waals surface area contributed by atoms with Crippen molar-refractivity contribution in [3.63, 3.8) is 0 Å². The van der Waals surface area contributed by atoms with Crippen molar-refractivity contribution in [1.82, 2.24) is 15.2 Å². The predicted octanol–water partition coefficient (Wildman–Crippen LogP) is 2.25. The highest BCUT2D eigenvalue weighted by Crippen LogP contribution is 2.28. The zero-order valence-corrected chi connectivity index (χ0v) is 17.3. The van der Waals surface area contributed by atoms with Crippen LogP contribution in [0.4, 0.5) is 4.79 Å². The van der Waals surface area contributed by atoms with Crippen molar-refractivity contribution in [1.29, 1.82) is 0 Å². The first-order valence-electron chi connectivity index (χ1n) is 9.00. The molecule has 1 atom stereocenters. The van der Waals surface area contributed by atoms with Crippen LogP contribution in [0.25, 0.3) is 0 Å². The molecule has 27 heavy (non-hydrogen) atoms. The van der Waals surface area contributed by atoms with Gasteiger partial charge in [0.15, 0.2) is 0 Å². The maximum Gasteiger partial charge on any atom is 0.405 e. The molecule has 0 saturated heterocycles. The van der Waals surface area contributed by atoms with E-state index in [1.54, 1.807) is 27.1 Å². The van der Waals surface area contributed by atoms with Crippen molar-refractivity contribution in [2.24, 2.45) is 13.0 Å². The third-order valence-corrected chi connectivity index (χ3v) is 5.28. The largest absolute Gasteiger partial charge is 0.489 e. The molecule has 0 spiro atoms. The summed E-state index contributed by atoms with van der Waals surface area (Å²) in [6.45, 7) is 3.60. The Hall–Kier alpha value is -2.03. The maximum atomic E-state index is 12.4. The molecule has 8 nitrogen and oxygen atoms in total. The fraction of sp³-hybridized carbons (Fsp3) is 0.611. The summed E-state index contributed by atoms with van der Waals surface area (Å²) in [5, 5.41) is 14.1. The number of halogens is 1. The van der Waals surface area contributed by atoms with E-state index in [0.717, 1.165) is 30.2 Å². The SMILES string of the molecule is CC(C)[C@@H](NC(=O)O)C(=O)NC1CCC(Oc2cc(=O)n(C)cc2Br)CC1. The molecule has 150 valence electrons. The molecule has 0 radical (unpaired) electrons. The summed E-state index contributed by atoms with van der Waals surface area (Å²) in [7, 11) is 1.67. The molecule has 0 unspecified atom stereocenters. The molecule has 1 aromatic heterocycles. The van der Waals surface area contributed by atoms with Crippen molar-refractivity contribution in [3.8, 4) is 5.75 Å². The quantitative estimate of drug-likeness (QED) is 0.624. The molecule has 1 aliphatic carbocycles. The number of ether oxygens (including phenoxy) is 1. The highest BCUT2D eigenvalue weighted by molar-refractivity contribution is 9.10. The molecule has 0 bridgehead atoms. The molecule has 9 heteroatoms. The van der Waals surface area contributed by atoms with Crippen molar-refractivity contribution in [3.05, 3.63) is 27.1 Å². The van der Waals surface area contributed by atoms with E-state index in [1.165, 1.54) is 10.6 Å². The lowest BCUT2D eigenvalue weighted by Crippen LogP contribution is -2.52. The monoisotopic (exact) mass is 443 g/mol. The molecule has 1 aromatic rings. The van der Waals surface area contributed by atoms with Crippen LogP contribution in [0.2, 0.25) is 0 Å². The Kier molecular flexibility index (Phi) is 7.29. The molecular weight excluding hydrogens is 418 g/mol. The van der Waals surface area contributed by atoms with Gasteiger partial charge in [-0.05, 0) is 47.5 Å². The van der Waals surface area contributed by atoms with Gasteiger partial charge in [0.25, 0.3) is 5.56 Å². The van der Waals surface area contributed by atoms with Gasteiger partial charge in [0, 0.05) is 25.4 Å². The van der Waals surface area contributed by atoms with Crippen LogP contribution >= 0.6 is 15.9 Å². The van der Waals surface area contributed by atoms with Crippen molar-refractivity contribution in [2.45, 2.75) is 57.7 Å². The number of aryl methyl sites for hydroxylation is 1. The van der Waals surface area contributed by atoms with E-state index in [1.807, 2.05) is 0 Å². The Morgan fingerprint density at radius 2 is 1.93 bits per heavy atom. The van der Waals surface area contributed by atoms with Gasteiger partial charge < -0.3 is 25.0 Å². The topological polar surface area (TPSA) is 110 Å². The zero-order valence-electron chi connectivity index (χ0n) is 15.7. The Balaban J connectivity index is 1.88. The third kappa shape index (κ3) is 5.98. The normalized spacial score (nSPS) is 20.8. The lowest BCUT2D eigenvalue weighted by atomic mass is 9.92. The Labute approximate surface area is 166 Å². The van der Waals surface area contributed by atoms with E-state index in [9.17, 15) is 14.4 Å². The lowest BCUT2D eigenvalue weighted by molar-refractivity contribution is -0.125. The van der Waals surface area contributed by atoms with Gasteiger partial charge in [-0.2, -0.15) is 0 Å². The number of pyridine rings is 1. The summed E-state index contributed by atoms with van der Waals surface area (Å²) >= 11 is 3.41. The second-order valence-electron chi connectivity index (χ2n) is 7.21. The first kappa shape index (κ1) is 21.3. The number of carbonyl (C=O) groups is 2. The van der Waals surface area contributed by atoms with Crippen LogP contribution in [0.1, 0.15) is 39.5 Å². The fourth-order valence-electron chi connectivity index (χ4n) is 3.13. The Morgan fingerprint density at radius 1 is 1.30 bits per heavy atom. The molecule has 1 aliphatic rings. The van der Waals surface area contributed by atoms with Crippen molar-refractivity contribution < 1.29 is 19.4 Å². The second-order valence-corrected chi connectivity index (χ2v) is 8.06. The smallest absolute Gasteiger partial charge is 0.405 e. The number of hydrogen-bond donors (Lipinski definition) is 3. The summed E-state index contributed by atoms with van der Waals surface area (Å²) in [5.74, 6) is 0.0843. The van der Waals surface area contributed by atoms with Crippen molar-refractivity contribution >= 4 is 27.9 Å². The third-order valence-electron chi connectivity index (χ3n) is 4.69. The molecule has 0 aliphatic heterocycles.